The highest BCUT2D eigenvalue weighted by atomic mass is 79.9. The van der Waals surface area contributed by atoms with Gasteiger partial charge in [-0.3, -0.25) is 0 Å². The minimum atomic E-state index is -0.971. The van der Waals surface area contributed by atoms with E-state index in [4.69, 9.17) is 21.4 Å². The average Bonchev–Trinajstić information content (AvgIpc) is 2.45. The number of rotatable bonds is 5. The van der Waals surface area contributed by atoms with Gasteiger partial charge in [0, 0.05) is 27.3 Å². The summed E-state index contributed by atoms with van der Waals surface area (Å²) in [4.78, 5) is 11.0. The molecule has 0 amide bonds. The summed E-state index contributed by atoms with van der Waals surface area (Å²) in [5.41, 5.74) is 1.85. The van der Waals surface area contributed by atoms with Gasteiger partial charge in [-0.15, -0.1) is 0 Å². The number of nitrogens with one attached hydrogen (secondary N) is 1. The van der Waals surface area contributed by atoms with Gasteiger partial charge in [-0.1, -0.05) is 17.7 Å². The van der Waals surface area contributed by atoms with Crippen LogP contribution in [-0.4, -0.2) is 18.2 Å². The van der Waals surface area contributed by atoms with Crippen LogP contribution in [0, 0.1) is 0 Å². The van der Waals surface area contributed by atoms with Gasteiger partial charge >= 0.3 is 5.97 Å². The van der Waals surface area contributed by atoms with E-state index >= 15 is 0 Å². The number of hydrogen-bond acceptors (Lipinski definition) is 3. The van der Waals surface area contributed by atoms with Gasteiger partial charge in [0.1, 0.15) is 5.75 Å². The van der Waals surface area contributed by atoms with Crippen molar-refractivity contribution in [1.82, 2.24) is 0 Å². The fourth-order valence-electron chi connectivity index (χ4n) is 1.89. The summed E-state index contributed by atoms with van der Waals surface area (Å²) < 4.78 is 5.80. The minimum absolute atomic E-state index is 0.218. The molecule has 2 aromatic carbocycles. The fourth-order valence-corrected chi connectivity index (χ4v) is 2.67. The lowest BCUT2D eigenvalue weighted by atomic mass is 10.1. The molecule has 0 saturated carbocycles. The normalized spacial score (nSPS) is 10.2. The summed E-state index contributed by atoms with van der Waals surface area (Å²) in [7, 11) is 1.59. The van der Waals surface area contributed by atoms with E-state index in [9.17, 15) is 4.79 Å². The maximum atomic E-state index is 11.0. The Labute approximate surface area is 135 Å². The highest BCUT2D eigenvalue weighted by Gasteiger charge is 2.10. The maximum Gasteiger partial charge on any atom is 0.336 e. The van der Waals surface area contributed by atoms with Gasteiger partial charge in [0.15, 0.2) is 0 Å². The zero-order valence-corrected chi connectivity index (χ0v) is 13.5. The third-order valence-electron chi connectivity index (χ3n) is 2.96. The SMILES string of the molecule is COc1cccc(Cl)c1CNc1ccc(C(=O)O)c(Br)c1. The Balaban J connectivity index is 2.17. The first-order valence-electron chi connectivity index (χ1n) is 6.11. The van der Waals surface area contributed by atoms with E-state index in [-0.39, 0.29) is 5.56 Å². The molecule has 2 rings (SSSR count). The molecule has 0 spiro atoms. The van der Waals surface area contributed by atoms with Crippen LogP contribution in [0.4, 0.5) is 5.69 Å². The second-order valence-electron chi connectivity index (χ2n) is 4.27. The second-order valence-corrected chi connectivity index (χ2v) is 5.54. The number of aromatic carboxylic acids is 1. The van der Waals surface area contributed by atoms with Gasteiger partial charge in [-0.2, -0.15) is 0 Å². The number of carboxylic acid groups (broad SMARTS) is 1. The maximum absolute atomic E-state index is 11.0. The first-order chi connectivity index (χ1) is 10.0. The lowest BCUT2D eigenvalue weighted by Gasteiger charge is -2.12. The zero-order chi connectivity index (χ0) is 15.4. The van der Waals surface area contributed by atoms with Crippen LogP contribution in [0.3, 0.4) is 0 Å². The molecular weight excluding hydrogens is 358 g/mol. The molecule has 110 valence electrons. The van der Waals surface area contributed by atoms with Crippen LogP contribution in [0.5, 0.6) is 5.75 Å². The standard InChI is InChI=1S/C15H13BrClNO3/c1-21-14-4-2-3-13(17)11(14)8-18-9-5-6-10(15(19)20)12(16)7-9/h2-7,18H,8H2,1H3,(H,19,20). The summed E-state index contributed by atoms with van der Waals surface area (Å²) in [6.45, 7) is 0.474. The highest BCUT2D eigenvalue weighted by molar-refractivity contribution is 9.10. The van der Waals surface area contributed by atoms with Crippen molar-refractivity contribution in [3.05, 3.63) is 57.0 Å². The Morgan fingerprint density at radius 3 is 2.76 bits per heavy atom. The molecule has 0 bridgehead atoms. The van der Waals surface area contributed by atoms with Crippen molar-refractivity contribution < 1.29 is 14.6 Å². The predicted octanol–water partition coefficient (Wildman–Crippen LogP) is 4.42. The summed E-state index contributed by atoms with van der Waals surface area (Å²) in [6, 6.07) is 10.4. The number of carbonyl (C=O) groups is 1. The van der Waals surface area contributed by atoms with E-state index in [0.717, 1.165) is 11.3 Å². The molecule has 0 saturated heterocycles. The number of hydrogen-bond donors (Lipinski definition) is 2. The molecule has 4 nitrogen and oxygen atoms in total. The van der Waals surface area contributed by atoms with Crippen LogP contribution in [0.25, 0.3) is 0 Å². The van der Waals surface area contributed by atoms with E-state index in [0.29, 0.717) is 21.8 Å². The Kier molecular flexibility index (Phi) is 5.09. The minimum Gasteiger partial charge on any atom is -0.496 e. The molecule has 0 radical (unpaired) electrons. The fraction of sp³-hybridized carbons (Fsp3) is 0.133. The number of anilines is 1. The third kappa shape index (κ3) is 3.68. The van der Waals surface area contributed by atoms with Gasteiger partial charge in [-0.25, -0.2) is 4.79 Å². The Morgan fingerprint density at radius 2 is 2.14 bits per heavy atom. The monoisotopic (exact) mass is 369 g/mol. The van der Waals surface area contributed by atoms with E-state index in [1.165, 1.54) is 0 Å². The molecule has 0 aliphatic carbocycles. The van der Waals surface area contributed by atoms with Gasteiger partial charge in [0.25, 0.3) is 0 Å². The van der Waals surface area contributed by atoms with Crippen LogP contribution in [-0.2, 0) is 6.54 Å². The van der Waals surface area contributed by atoms with Crippen molar-refractivity contribution in [2.24, 2.45) is 0 Å². The van der Waals surface area contributed by atoms with Crippen molar-refractivity contribution in [3.63, 3.8) is 0 Å². The summed E-state index contributed by atoms with van der Waals surface area (Å²) >= 11 is 9.41. The highest BCUT2D eigenvalue weighted by Crippen LogP contribution is 2.28. The van der Waals surface area contributed by atoms with E-state index in [2.05, 4.69) is 21.2 Å². The average molecular weight is 371 g/mol. The first kappa shape index (κ1) is 15.7. The lowest BCUT2D eigenvalue weighted by Crippen LogP contribution is -2.04. The second kappa shape index (κ2) is 6.83. The molecule has 0 heterocycles. The molecule has 2 aromatic rings. The molecule has 0 atom stereocenters. The quantitative estimate of drug-likeness (QED) is 0.818. The smallest absolute Gasteiger partial charge is 0.336 e. The van der Waals surface area contributed by atoms with Gasteiger partial charge in [0.05, 0.1) is 12.7 Å². The van der Waals surface area contributed by atoms with Crippen LogP contribution in [0.15, 0.2) is 40.9 Å². The Bertz CT molecular complexity index is 676. The number of benzene rings is 2. The Hall–Kier alpha value is -1.72. The molecule has 0 aromatic heterocycles. The topological polar surface area (TPSA) is 58.6 Å². The zero-order valence-electron chi connectivity index (χ0n) is 11.2. The summed E-state index contributed by atoms with van der Waals surface area (Å²) in [6.07, 6.45) is 0. The van der Waals surface area contributed by atoms with Crippen LogP contribution >= 0.6 is 27.5 Å². The number of ether oxygens (including phenoxy) is 1. The summed E-state index contributed by atoms with van der Waals surface area (Å²) in [5, 5.41) is 12.8. The van der Waals surface area contributed by atoms with Crippen LogP contribution < -0.4 is 10.1 Å². The largest absolute Gasteiger partial charge is 0.496 e. The molecule has 0 fully saturated rings. The van der Waals surface area contributed by atoms with Gasteiger partial charge in [0.2, 0.25) is 0 Å². The van der Waals surface area contributed by atoms with Crippen LogP contribution in [0.2, 0.25) is 5.02 Å². The van der Waals surface area contributed by atoms with Crippen molar-refractivity contribution in [2.75, 3.05) is 12.4 Å². The molecule has 0 aliphatic heterocycles. The number of halogens is 2. The number of carboxylic acids is 1. The molecule has 2 N–H and O–H groups in total. The van der Waals surface area contributed by atoms with Crippen molar-refractivity contribution >= 4 is 39.2 Å². The molecule has 0 unspecified atom stereocenters. The molecule has 6 heteroatoms. The van der Waals surface area contributed by atoms with E-state index in [1.807, 2.05) is 12.1 Å². The van der Waals surface area contributed by atoms with E-state index in [1.54, 1.807) is 31.4 Å². The predicted molar refractivity (Wildman–Crippen MR) is 86.4 cm³/mol. The van der Waals surface area contributed by atoms with Crippen molar-refractivity contribution in [1.29, 1.82) is 0 Å². The molecule has 0 aliphatic rings. The third-order valence-corrected chi connectivity index (χ3v) is 3.97. The molecule has 21 heavy (non-hydrogen) atoms. The Morgan fingerprint density at radius 1 is 1.38 bits per heavy atom. The molecular formula is C15H13BrClNO3. The van der Waals surface area contributed by atoms with Gasteiger partial charge in [-0.05, 0) is 46.3 Å². The van der Waals surface area contributed by atoms with Gasteiger partial charge < -0.3 is 15.2 Å². The number of methoxy groups -OCH3 is 1. The summed E-state index contributed by atoms with van der Waals surface area (Å²) in [5.74, 6) is -0.266. The first-order valence-corrected chi connectivity index (χ1v) is 7.28. The van der Waals surface area contributed by atoms with Crippen molar-refractivity contribution in [2.45, 2.75) is 6.54 Å². The van der Waals surface area contributed by atoms with E-state index < -0.39 is 5.97 Å². The van der Waals surface area contributed by atoms with Crippen molar-refractivity contribution in [3.8, 4) is 5.75 Å². The van der Waals surface area contributed by atoms with Crippen LogP contribution in [0.1, 0.15) is 15.9 Å². The lowest BCUT2D eigenvalue weighted by molar-refractivity contribution is 0.0696.